The largest absolute Gasteiger partial charge is 0.288 e. The summed E-state index contributed by atoms with van der Waals surface area (Å²) in [5.74, 6) is -0.280. The average molecular weight is 478 g/mol. The van der Waals surface area contributed by atoms with Crippen LogP contribution >= 0.6 is 0 Å². The summed E-state index contributed by atoms with van der Waals surface area (Å²) in [6.07, 6.45) is 1.00. The molecular weight excluding hydrogens is 446 g/mol. The van der Waals surface area contributed by atoms with Crippen LogP contribution in [0.25, 0.3) is 0 Å². The summed E-state index contributed by atoms with van der Waals surface area (Å²) in [4.78, 5) is 13.4. The summed E-state index contributed by atoms with van der Waals surface area (Å²) >= 11 is 0. The third-order valence-electron chi connectivity index (χ3n) is 6.18. The van der Waals surface area contributed by atoms with E-state index in [1.54, 1.807) is 24.3 Å². The van der Waals surface area contributed by atoms with Crippen molar-refractivity contribution in [3.63, 3.8) is 0 Å². The highest BCUT2D eigenvalue weighted by Gasteiger charge is 2.32. The number of nitrogens with zero attached hydrogens (tertiary/aromatic N) is 2. The fraction of sp³-hybridized carbons (Fsp3) is 0.296. The number of piperidine rings is 1. The second-order valence-corrected chi connectivity index (χ2v) is 10.7. The molecule has 1 heterocycles. The van der Waals surface area contributed by atoms with Crippen molar-refractivity contribution in [2.75, 3.05) is 13.1 Å². The number of hydrogen-bond donors (Lipinski definition) is 1. The maximum Gasteiger partial charge on any atom is 0.243 e. The molecule has 0 unspecified atom stereocenters. The van der Waals surface area contributed by atoms with Gasteiger partial charge < -0.3 is 0 Å². The van der Waals surface area contributed by atoms with Crippen molar-refractivity contribution < 1.29 is 13.2 Å². The quantitative estimate of drug-likeness (QED) is 0.496. The summed E-state index contributed by atoms with van der Waals surface area (Å²) in [5, 5.41) is 1.93. The van der Waals surface area contributed by atoms with Crippen molar-refractivity contribution in [2.24, 2.45) is 5.92 Å². The molecule has 1 fully saturated rings. The van der Waals surface area contributed by atoms with Crippen molar-refractivity contribution in [2.45, 2.75) is 37.8 Å². The van der Waals surface area contributed by atoms with Gasteiger partial charge in [0.25, 0.3) is 0 Å². The lowest BCUT2D eigenvalue weighted by Crippen LogP contribution is -2.47. The Morgan fingerprint density at radius 3 is 1.85 bits per heavy atom. The Hall–Kier alpha value is -3.00. The van der Waals surface area contributed by atoms with Gasteiger partial charge in [0.1, 0.15) is 0 Å². The fourth-order valence-corrected chi connectivity index (χ4v) is 5.68. The number of carbonyl (C=O) groups is 1. The fourth-order valence-electron chi connectivity index (χ4n) is 4.21. The number of nitrogens with one attached hydrogen (secondary N) is 1. The number of carbonyl (C=O) groups excluding carboxylic acids is 1. The van der Waals surface area contributed by atoms with Gasteiger partial charge in [0.2, 0.25) is 15.9 Å². The Morgan fingerprint density at radius 1 is 0.853 bits per heavy atom. The van der Waals surface area contributed by atoms with Crippen LogP contribution in [0.2, 0.25) is 0 Å². The van der Waals surface area contributed by atoms with E-state index in [9.17, 15) is 13.2 Å². The van der Waals surface area contributed by atoms with Crippen molar-refractivity contribution in [3.05, 3.63) is 102 Å². The van der Waals surface area contributed by atoms with Gasteiger partial charge in [-0.2, -0.15) is 4.31 Å². The molecule has 0 aliphatic carbocycles. The van der Waals surface area contributed by atoms with Gasteiger partial charge in [-0.1, -0.05) is 78.4 Å². The first-order valence-corrected chi connectivity index (χ1v) is 13.1. The first-order chi connectivity index (χ1) is 16.4. The smallest absolute Gasteiger partial charge is 0.243 e. The van der Waals surface area contributed by atoms with Crippen LogP contribution in [-0.2, 0) is 27.9 Å². The summed E-state index contributed by atoms with van der Waals surface area (Å²) < 4.78 is 27.4. The topological polar surface area (TPSA) is 69.7 Å². The average Bonchev–Trinajstić information content (AvgIpc) is 2.85. The highest BCUT2D eigenvalue weighted by molar-refractivity contribution is 7.89. The summed E-state index contributed by atoms with van der Waals surface area (Å²) in [6.45, 7) is 3.78. The van der Waals surface area contributed by atoms with Crippen LogP contribution in [0.4, 0.5) is 0 Å². The standard InChI is InChI=1S/C27H31N3O3S/c1-22-12-14-26(15-13-22)34(32,33)30-18-16-25(17-19-30)27(31)28-29(20-23-8-4-2-5-9-23)21-24-10-6-3-7-11-24/h2-15,25H,16-21H2,1H3,(H,28,31). The molecule has 0 bridgehead atoms. The van der Waals surface area contributed by atoms with Crippen molar-refractivity contribution in [1.29, 1.82) is 0 Å². The number of hydrogen-bond acceptors (Lipinski definition) is 4. The number of aryl methyl sites for hydroxylation is 1. The Balaban J connectivity index is 1.38. The number of rotatable bonds is 8. The minimum Gasteiger partial charge on any atom is -0.288 e. The summed E-state index contributed by atoms with van der Waals surface area (Å²) in [5.41, 5.74) is 6.34. The van der Waals surface area contributed by atoms with Crippen molar-refractivity contribution in [3.8, 4) is 0 Å². The second kappa shape index (κ2) is 11.0. The van der Waals surface area contributed by atoms with Gasteiger partial charge in [0, 0.05) is 32.1 Å². The summed E-state index contributed by atoms with van der Waals surface area (Å²) in [6, 6.07) is 27.0. The Kier molecular flexibility index (Phi) is 7.77. The molecule has 0 radical (unpaired) electrons. The molecule has 1 aliphatic rings. The maximum atomic E-state index is 13.1. The van der Waals surface area contributed by atoms with E-state index >= 15 is 0 Å². The molecule has 0 spiro atoms. The Bertz CT molecular complexity index is 1130. The van der Waals surface area contributed by atoms with Gasteiger partial charge in [0.15, 0.2) is 0 Å². The lowest BCUT2D eigenvalue weighted by molar-refractivity contribution is -0.131. The number of sulfonamides is 1. The zero-order chi connectivity index (χ0) is 24.0. The van der Waals surface area contributed by atoms with Gasteiger partial charge in [-0.3, -0.25) is 10.2 Å². The van der Waals surface area contributed by atoms with Crippen LogP contribution < -0.4 is 5.43 Å². The SMILES string of the molecule is Cc1ccc(S(=O)(=O)N2CCC(C(=O)NN(Cc3ccccc3)Cc3ccccc3)CC2)cc1. The van der Waals surface area contributed by atoms with E-state index in [-0.39, 0.29) is 11.8 Å². The van der Waals surface area contributed by atoms with E-state index in [1.165, 1.54) is 4.31 Å². The maximum absolute atomic E-state index is 13.1. The third-order valence-corrected chi connectivity index (χ3v) is 8.10. The van der Waals surface area contributed by atoms with E-state index in [1.807, 2.05) is 72.6 Å². The highest BCUT2D eigenvalue weighted by atomic mass is 32.2. The molecule has 1 N–H and O–H groups in total. The number of benzene rings is 3. The molecule has 34 heavy (non-hydrogen) atoms. The highest BCUT2D eigenvalue weighted by Crippen LogP contribution is 2.24. The molecule has 7 heteroatoms. The minimum absolute atomic E-state index is 0.0563. The Labute approximate surface area is 202 Å². The minimum atomic E-state index is -3.54. The molecule has 1 aliphatic heterocycles. The van der Waals surface area contributed by atoms with E-state index in [4.69, 9.17) is 0 Å². The van der Waals surface area contributed by atoms with Crippen molar-refractivity contribution in [1.82, 2.24) is 14.7 Å². The van der Waals surface area contributed by atoms with Gasteiger partial charge in [-0.15, -0.1) is 0 Å². The molecule has 3 aromatic carbocycles. The lowest BCUT2D eigenvalue weighted by Gasteiger charge is -2.32. The van der Waals surface area contributed by atoms with Crippen LogP contribution in [0.5, 0.6) is 0 Å². The first-order valence-electron chi connectivity index (χ1n) is 11.6. The molecule has 3 aromatic rings. The van der Waals surface area contributed by atoms with E-state index in [0.717, 1.165) is 16.7 Å². The molecule has 6 nitrogen and oxygen atoms in total. The van der Waals surface area contributed by atoms with E-state index in [0.29, 0.717) is 43.9 Å². The van der Waals surface area contributed by atoms with Crippen LogP contribution in [0.3, 0.4) is 0 Å². The first kappa shape index (κ1) is 24.1. The van der Waals surface area contributed by atoms with Crippen molar-refractivity contribution >= 4 is 15.9 Å². The van der Waals surface area contributed by atoms with E-state index < -0.39 is 10.0 Å². The Morgan fingerprint density at radius 2 is 1.35 bits per heavy atom. The molecule has 178 valence electrons. The lowest BCUT2D eigenvalue weighted by atomic mass is 9.97. The second-order valence-electron chi connectivity index (χ2n) is 8.79. The van der Waals surface area contributed by atoms with Gasteiger partial charge >= 0.3 is 0 Å². The predicted molar refractivity (Wildman–Crippen MR) is 133 cm³/mol. The zero-order valence-electron chi connectivity index (χ0n) is 19.4. The van der Waals surface area contributed by atoms with Crippen LogP contribution in [0.1, 0.15) is 29.5 Å². The predicted octanol–water partition coefficient (Wildman–Crippen LogP) is 4.13. The monoisotopic (exact) mass is 477 g/mol. The molecule has 1 saturated heterocycles. The molecule has 0 saturated carbocycles. The molecule has 0 atom stereocenters. The van der Waals surface area contributed by atoms with Crippen LogP contribution in [0, 0.1) is 12.8 Å². The third kappa shape index (κ3) is 6.11. The molecule has 0 aromatic heterocycles. The van der Waals surface area contributed by atoms with Gasteiger partial charge in [-0.25, -0.2) is 13.4 Å². The van der Waals surface area contributed by atoms with Gasteiger partial charge in [0.05, 0.1) is 4.90 Å². The normalized spacial score (nSPS) is 15.4. The summed E-state index contributed by atoms with van der Waals surface area (Å²) in [7, 11) is -3.54. The molecule has 4 rings (SSSR count). The number of amides is 1. The van der Waals surface area contributed by atoms with E-state index in [2.05, 4.69) is 5.43 Å². The van der Waals surface area contributed by atoms with Gasteiger partial charge in [-0.05, 0) is 43.0 Å². The number of hydrazine groups is 1. The van der Waals surface area contributed by atoms with Crippen LogP contribution in [-0.4, -0.2) is 36.7 Å². The van der Waals surface area contributed by atoms with Crippen LogP contribution in [0.15, 0.2) is 89.8 Å². The molecule has 1 amide bonds. The zero-order valence-corrected chi connectivity index (χ0v) is 20.2. The molecular formula is C27H31N3O3S.